The maximum absolute atomic E-state index is 8.82. The molecular weight excluding hydrogens is 106 g/mol. The highest BCUT2D eigenvalue weighted by Crippen LogP contribution is 1.97. The molecule has 0 saturated carbocycles. The molecule has 0 bridgehead atoms. The maximum Gasteiger partial charge on any atom is 0.167 e. The molecule has 0 radical (unpaired) electrons. The first-order valence-corrected chi connectivity index (χ1v) is 2.77. The zero-order valence-corrected chi connectivity index (χ0v) is 5.00. The fourth-order valence-corrected chi connectivity index (χ4v) is 0.755. The standard InChI is InChI=1S/C5H11NO2/c1-6-2-3-8-5(7)4-6/h5,7H,2-4H2,1H3/t5-/m1/s1. The average Bonchev–Trinajstić information content (AvgIpc) is 1.64. The van der Waals surface area contributed by atoms with E-state index in [0.29, 0.717) is 13.2 Å². The molecule has 1 saturated heterocycles. The summed E-state index contributed by atoms with van der Waals surface area (Å²) in [7, 11) is 1.96. The number of nitrogens with zero attached hydrogens (tertiary/aromatic N) is 1. The SMILES string of the molecule is CN1CCO[C@@H](O)C1. The van der Waals surface area contributed by atoms with Crippen molar-refractivity contribution in [2.24, 2.45) is 0 Å². The molecular formula is C5H11NO2. The van der Waals surface area contributed by atoms with Crippen LogP contribution in [-0.4, -0.2) is 43.0 Å². The Morgan fingerprint density at radius 1 is 1.75 bits per heavy atom. The summed E-state index contributed by atoms with van der Waals surface area (Å²) < 4.78 is 4.86. The van der Waals surface area contributed by atoms with Gasteiger partial charge in [-0.3, -0.25) is 4.90 Å². The van der Waals surface area contributed by atoms with Crippen LogP contribution in [0.25, 0.3) is 0 Å². The minimum Gasteiger partial charge on any atom is -0.367 e. The minimum atomic E-state index is -0.561. The number of hydrogen-bond acceptors (Lipinski definition) is 3. The van der Waals surface area contributed by atoms with Crippen molar-refractivity contribution in [2.75, 3.05) is 26.7 Å². The fourth-order valence-electron chi connectivity index (χ4n) is 0.755. The third-order valence-corrected chi connectivity index (χ3v) is 1.25. The predicted octanol–water partition coefficient (Wildman–Crippen LogP) is -0.733. The van der Waals surface area contributed by atoms with Crippen LogP contribution in [0.2, 0.25) is 0 Å². The summed E-state index contributed by atoms with van der Waals surface area (Å²) in [6, 6.07) is 0. The van der Waals surface area contributed by atoms with Gasteiger partial charge in [-0.15, -0.1) is 0 Å². The van der Waals surface area contributed by atoms with Gasteiger partial charge in [-0.2, -0.15) is 0 Å². The third-order valence-electron chi connectivity index (χ3n) is 1.25. The van der Waals surface area contributed by atoms with E-state index in [0.717, 1.165) is 6.54 Å². The smallest absolute Gasteiger partial charge is 0.167 e. The number of likely N-dealkylation sites (N-methyl/N-ethyl adjacent to an activating group) is 1. The van der Waals surface area contributed by atoms with Crippen molar-refractivity contribution in [1.29, 1.82) is 0 Å². The van der Waals surface area contributed by atoms with E-state index < -0.39 is 6.29 Å². The summed E-state index contributed by atoms with van der Waals surface area (Å²) in [5.41, 5.74) is 0. The molecule has 1 fully saturated rings. The van der Waals surface area contributed by atoms with E-state index in [-0.39, 0.29) is 0 Å². The summed E-state index contributed by atoms with van der Waals surface area (Å²) in [6.07, 6.45) is -0.561. The molecule has 1 aliphatic rings. The molecule has 1 rings (SSSR count). The minimum absolute atomic E-state index is 0.561. The quantitative estimate of drug-likeness (QED) is 0.454. The zero-order valence-electron chi connectivity index (χ0n) is 5.00. The van der Waals surface area contributed by atoms with Gasteiger partial charge in [0.15, 0.2) is 6.29 Å². The molecule has 0 amide bonds. The zero-order chi connectivity index (χ0) is 5.98. The fraction of sp³-hybridized carbons (Fsp3) is 1.00. The number of β-amino-alcohol motifs (C(OH)–C–C–N with tert-alkyl or cyclic N) is 1. The highest BCUT2D eigenvalue weighted by atomic mass is 16.6. The number of rotatable bonds is 0. The molecule has 8 heavy (non-hydrogen) atoms. The second kappa shape index (κ2) is 2.44. The van der Waals surface area contributed by atoms with Crippen LogP contribution in [0.1, 0.15) is 0 Å². The van der Waals surface area contributed by atoms with Crippen molar-refractivity contribution in [1.82, 2.24) is 4.90 Å². The Morgan fingerprint density at radius 3 is 2.88 bits per heavy atom. The Balaban J connectivity index is 2.23. The Labute approximate surface area is 48.9 Å². The van der Waals surface area contributed by atoms with E-state index in [2.05, 4.69) is 0 Å². The third kappa shape index (κ3) is 1.43. The van der Waals surface area contributed by atoms with Gasteiger partial charge in [0.1, 0.15) is 0 Å². The van der Waals surface area contributed by atoms with Crippen LogP contribution >= 0.6 is 0 Å². The lowest BCUT2D eigenvalue weighted by Gasteiger charge is -2.26. The van der Waals surface area contributed by atoms with Crippen LogP contribution in [0.3, 0.4) is 0 Å². The summed E-state index contributed by atoms with van der Waals surface area (Å²) >= 11 is 0. The number of aliphatic hydroxyl groups is 1. The Bertz CT molecular complexity index is 68.8. The number of aliphatic hydroxyl groups excluding tert-OH is 1. The van der Waals surface area contributed by atoms with Crippen LogP contribution in [0.15, 0.2) is 0 Å². The Hall–Kier alpha value is -0.120. The van der Waals surface area contributed by atoms with Crippen molar-refractivity contribution in [2.45, 2.75) is 6.29 Å². The lowest BCUT2D eigenvalue weighted by atomic mass is 10.4. The average molecular weight is 117 g/mol. The predicted molar refractivity (Wildman–Crippen MR) is 29.5 cm³/mol. The highest BCUT2D eigenvalue weighted by Gasteiger charge is 2.12. The lowest BCUT2D eigenvalue weighted by Crippen LogP contribution is -2.39. The van der Waals surface area contributed by atoms with Gasteiger partial charge in [0.05, 0.1) is 6.61 Å². The summed E-state index contributed by atoms with van der Waals surface area (Å²) in [5.74, 6) is 0. The van der Waals surface area contributed by atoms with Gasteiger partial charge in [0.2, 0.25) is 0 Å². The second-order valence-electron chi connectivity index (χ2n) is 2.09. The second-order valence-corrected chi connectivity index (χ2v) is 2.09. The van der Waals surface area contributed by atoms with E-state index in [1.807, 2.05) is 11.9 Å². The van der Waals surface area contributed by atoms with Gasteiger partial charge in [-0.1, -0.05) is 0 Å². The molecule has 1 N–H and O–H groups in total. The first kappa shape index (κ1) is 6.01. The van der Waals surface area contributed by atoms with E-state index >= 15 is 0 Å². The number of hydrogen-bond donors (Lipinski definition) is 1. The van der Waals surface area contributed by atoms with Crippen LogP contribution < -0.4 is 0 Å². The van der Waals surface area contributed by atoms with Gasteiger partial charge < -0.3 is 9.84 Å². The summed E-state index contributed by atoms with van der Waals surface area (Å²) in [4.78, 5) is 2.04. The van der Waals surface area contributed by atoms with Crippen molar-refractivity contribution in [3.8, 4) is 0 Å². The van der Waals surface area contributed by atoms with Crippen molar-refractivity contribution in [3.05, 3.63) is 0 Å². The molecule has 0 aromatic rings. The van der Waals surface area contributed by atoms with E-state index in [1.165, 1.54) is 0 Å². The molecule has 1 aliphatic heterocycles. The van der Waals surface area contributed by atoms with E-state index in [4.69, 9.17) is 9.84 Å². The molecule has 1 atom stereocenters. The van der Waals surface area contributed by atoms with Gasteiger partial charge in [0.25, 0.3) is 0 Å². The lowest BCUT2D eigenvalue weighted by molar-refractivity contribution is -0.141. The number of morpholine rings is 1. The molecule has 0 aromatic heterocycles. The summed E-state index contributed by atoms with van der Waals surface area (Å²) in [5, 5.41) is 8.82. The topological polar surface area (TPSA) is 32.7 Å². The Morgan fingerprint density at radius 2 is 2.50 bits per heavy atom. The van der Waals surface area contributed by atoms with E-state index in [9.17, 15) is 0 Å². The van der Waals surface area contributed by atoms with Crippen LogP contribution in [0, 0.1) is 0 Å². The largest absolute Gasteiger partial charge is 0.367 e. The Kier molecular flexibility index (Phi) is 1.83. The van der Waals surface area contributed by atoms with Gasteiger partial charge in [0, 0.05) is 13.1 Å². The maximum atomic E-state index is 8.82. The van der Waals surface area contributed by atoms with E-state index in [1.54, 1.807) is 0 Å². The van der Waals surface area contributed by atoms with Gasteiger partial charge >= 0.3 is 0 Å². The molecule has 0 unspecified atom stereocenters. The van der Waals surface area contributed by atoms with Crippen LogP contribution in [0.4, 0.5) is 0 Å². The molecule has 1 heterocycles. The van der Waals surface area contributed by atoms with Crippen molar-refractivity contribution in [3.63, 3.8) is 0 Å². The highest BCUT2D eigenvalue weighted by molar-refractivity contribution is 4.58. The summed E-state index contributed by atoms with van der Waals surface area (Å²) in [6.45, 7) is 2.22. The molecule has 3 heteroatoms. The molecule has 0 spiro atoms. The molecule has 0 aliphatic carbocycles. The van der Waals surface area contributed by atoms with Gasteiger partial charge in [-0.05, 0) is 7.05 Å². The van der Waals surface area contributed by atoms with Crippen molar-refractivity contribution >= 4 is 0 Å². The molecule has 0 aromatic carbocycles. The normalized spacial score (nSPS) is 33.0. The monoisotopic (exact) mass is 117 g/mol. The molecule has 48 valence electrons. The molecule has 3 nitrogen and oxygen atoms in total. The number of ether oxygens (including phenoxy) is 1. The van der Waals surface area contributed by atoms with Crippen LogP contribution in [-0.2, 0) is 4.74 Å². The van der Waals surface area contributed by atoms with Crippen molar-refractivity contribution < 1.29 is 9.84 Å². The first-order chi connectivity index (χ1) is 3.79. The van der Waals surface area contributed by atoms with Gasteiger partial charge in [-0.25, -0.2) is 0 Å². The first-order valence-electron chi connectivity index (χ1n) is 2.77. The van der Waals surface area contributed by atoms with Crippen LogP contribution in [0.5, 0.6) is 0 Å².